The van der Waals surface area contributed by atoms with Gasteiger partial charge in [-0.3, -0.25) is 0 Å². The van der Waals surface area contributed by atoms with Crippen molar-refractivity contribution in [2.75, 3.05) is 13.1 Å². The van der Waals surface area contributed by atoms with E-state index in [2.05, 4.69) is 26.1 Å². The molecule has 1 fully saturated rings. The molecular formula is C13H25F3N2. The van der Waals surface area contributed by atoms with Gasteiger partial charge in [0.25, 0.3) is 0 Å². The molecule has 0 aliphatic heterocycles. The standard InChI is InChI=1S/C13H25F3N2/c1-9-11(17)5-4-10(12(9,2)3)8-18-7-6-13(14,15)16/h9-11,18H,4-8,17H2,1-3H3. The van der Waals surface area contributed by atoms with Gasteiger partial charge in [0.05, 0.1) is 6.42 Å². The van der Waals surface area contributed by atoms with Crippen molar-refractivity contribution in [1.82, 2.24) is 5.32 Å². The van der Waals surface area contributed by atoms with Crippen molar-refractivity contribution in [2.45, 2.75) is 52.3 Å². The lowest BCUT2D eigenvalue weighted by atomic mass is 9.61. The van der Waals surface area contributed by atoms with Crippen LogP contribution in [-0.4, -0.2) is 25.3 Å². The van der Waals surface area contributed by atoms with E-state index >= 15 is 0 Å². The summed E-state index contributed by atoms with van der Waals surface area (Å²) in [5.74, 6) is 0.807. The molecule has 108 valence electrons. The molecule has 0 aromatic rings. The van der Waals surface area contributed by atoms with Crippen molar-refractivity contribution >= 4 is 0 Å². The van der Waals surface area contributed by atoms with E-state index in [-0.39, 0.29) is 18.0 Å². The second-order valence-electron chi connectivity index (χ2n) is 6.12. The molecule has 1 aliphatic carbocycles. The Labute approximate surface area is 107 Å². The zero-order valence-corrected chi connectivity index (χ0v) is 11.5. The van der Waals surface area contributed by atoms with E-state index in [4.69, 9.17) is 5.73 Å². The van der Waals surface area contributed by atoms with E-state index in [1.165, 1.54) is 0 Å². The first-order valence-electron chi connectivity index (χ1n) is 6.67. The van der Waals surface area contributed by atoms with E-state index < -0.39 is 12.6 Å². The summed E-state index contributed by atoms with van der Waals surface area (Å²) in [5, 5.41) is 2.94. The molecule has 18 heavy (non-hydrogen) atoms. The number of nitrogens with one attached hydrogen (secondary N) is 1. The Morgan fingerprint density at radius 1 is 1.28 bits per heavy atom. The maximum atomic E-state index is 12.0. The molecular weight excluding hydrogens is 241 g/mol. The zero-order chi connectivity index (χ0) is 14.0. The highest BCUT2D eigenvalue weighted by Crippen LogP contribution is 2.43. The van der Waals surface area contributed by atoms with E-state index in [1.54, 1.807) is 0 Å². The molecule has 1 rings (SSSR count). The summed E-state index contributed by atoms with van der Waals surface area (Å²) in [6, 6.07) is 0.214. The third kappa shape index (κ3) is 4.12. The Morgan fingerprint density at radius 2 is 1.89 bits per heavy atom. The van der Waals surface area contributed by atoms with E-state index in [1.807, 2.05) is 0 Å². The maximum absolute atomic E-state index is 12.0. The van der Waals surface area contributed by atoms with Gasteiger partial charge in [-0.2, -0.15) is 13.2 Å². The predicted octanol–water partition coefficient (Wildman–Crippen LogP) is 2.93. The summed E-state index contributed by atoms with van der Waals surface area (Å²) < 4.78 is 36.1. The van der Waals surface area contributed by atoms with Crippen LogP contribution >= 0.6 is 0 Å². The highest BCUT2D eigenvalue weighted by atomic mass is 19.4. The second-order valence-corrected chi connectivity index (χ2v) is 6.12. The van der Waals surface area contributed by atoms with E-state index in [0.717, 1.165) is 12.8 Å². The quantitative estimate of drug-likeness (QED) is 0.768. The molecule has 0 spiro atoms. The van der Waals surface area contributed by atoms with Gasteiger partial charge in [-0.15, -0.1) is 0 Å². The minimum Gasteiger partial charge on any atom is -0.327 e. The molecule has 0 heterocycles. The predicted molar refractivity (Wildman–Crippen MR) is 67.2 cm³/mol. The van der Waals surface area contributed by atoms with Gasteiger partial charge in [-0.05, 0) is 36.6 Å². The van der Waals surface area contributed by atoms with Crippen LogP contribution in [0.15, 0.2) is 0 Å². The molecule has 3 unspecified atom stereocenters. The summed E-state index contributed by atoms with van der Waals surface area (Å²) >= 11 is 0. The van der Waals surface area contributed by atoms with Gasteiger partial charge in [0, 0.05) is 12.6 Å². The lowest BCUT2D eigenvalue weighted by Gasteiger charge is -2.47. The highest BCUT2D eigenvalue weighted by Gasteiger charge is 2.41. The Morgan fingerprint density at radius 3 is 2.44 bits per heavy atom. The normalized spacial score (nSPS) is 32.5. The van der Waals surface area contributed by atoms with Gasteiger partial charge in [-0.1, -0.05) is 20.8 Å². The maximum Gasteiger partial charge on any atom is 0.390 e. The minimum atomic E-state index is -4.06. The first-order valence-corrected chi connectivity index (χ1v) is 6.67. The van der Waals surface area contributed by atoms with Crippen molar-refractivity contribution in [3.63, 3.8) is 0 Å². The monoisotopic (exact) mass is 266 g/mol. The molecule has 5 heteroatoms. The molecule has 0 bridgehead atoms. The first kappa shape index (κ1) is 15.8. The number of hydrogen-bond donors (Lipinski definition) is 2. The van der Waals surface area contributed by atoms with Gasteiger partial charge in [-0.25, -0.2) is 0 Å². The average molecular weight is 266 g/mol. The van der Waals surface area contributed by atoms with Crippen LogP contribution in [0.5, 0.6) is 0 Å². The largest absolute Gasteiger partial charge is 0.390 e. The summed E-state index contributed by atoms with van der Waals surface area (Å²) in [6.07, 6.45) is -2.85. The van der Waals surface area contributed by atoms with Crippen molar-refractivity contribution in [2.24, 2.45) is 23.0 Å². The SMILES string of the molecule is CC1C(N)CCC(CNCCC(F)(F)F)C1(C)C. The second kappa shape index (κ2) is 5.78. The van der Waals surface area contributed by atoms with Crippen LogP contribution in [0, 0.1) is 17.3 Å². The molecule has 2 nitrogen and oxygen atoms in total. The lowest BCUT2D eigenvalue weighted by Crippen LogP contribution is -2.49. The lowest BCUT2D eigenvalue weighted by molar-refractivity contribution is -0.133. The van der Waals surface area contributed by atoms with Crippen LogP contribution in [-0.2, 0) is 0 Å². The van der Waals surface area contributed by atoms with Gasteiger partial charge >= 0.3 is 6.18 Å². The Kier molecular flexibility index (Phi) is 5.06. The Bertz CT molecular complexity index is 263. The fraction of sp³-hybridized carbons (Fsp3) is 1.00. The molecule has 0 radical (unpaired) electrons. The molecule has 0 aromatic heterocycles. The molecule has 3 N–H and O–H groups in total. The Hall–Kier alpha value is -0.290. The fourth-order valence-corrected chi connectivity index (χ4v) is 2.81. The average Bonchev–Trinajstić information content (AvgIpc) is 2.22. The first-order chi connectivity index (χ1) is 8.14. The topological polar surface area (TPSA) is 38.0 Å². The van der Waals surface area contributed by atoms with Crippen LogP contribution in [0.3, 0.4) is 0 Å². The van der Waals surface area contributed by atoms with Gasteiger partial charge < -0.3 is 11.1 Å². The molecule has 0 amide bonds. The van der Waals surface area contributed by atoms with Crippen molar-refractivity contribution in [3.05, 3.63) is 0 Å². The number of rotatable bonds is 4. The van der Waals surface area contributed by atoms with Gasteiger partial charge in [0.1, 0.15) is 0 Å². The Balaban J connectivity index is 2.38. The van der Waals surface area contributed by atoms with E-state index in [0.29, 0.717) is 18.4 Å². The third-order valence-electron chi connectivity index (χ3n) is 4.69. The van der Waals surface area contributed by atoms with Gasteiger partial charge in [0.15, 0.2) is 0 Å². The minimum absolute atomic E-state index is 0.0104. The summed E-state index contributed by atoms with van der Waals surface area (Å²) in [7, 11) is 0. The molecule has 3 atom stereocenters. The number of nitrogens with two attached hydrogens (primary N) is 1. The van der Waals surface area contributed by atoms with Crippen molar-refractivity contribution in [1.29, 1.82) is 0 Å². The molecule has 1 aliphatic rings. The summed E-state index contributed by atoms with van der Waals surface area (Å²) in [5.41, 5.74) is 6.15. The van der Waals surface area contributed by atoms with Crippen molar-refractivity contribution in [3.8, 4) is 0 Å². The summed E-state index contributed by atoms with van der Waals surface area (Å²) in [4.78, 5) is 0. The fourth-order valence-electron chi connectivity index (χ4n) is 2.81. The summed E-state index contributed by atoms with van der Waals surface area (Å²) in [6.45, 7) is 7.16. The molecule has 0 saturated heterocycles. The van der Waals surface area contributed by atoms with Crippen molar-refractivity contribution < 1.29 is 13.2 Å². The zero-order valence-electron chi connectivity index (χ0n) is 11.5. The smallest absolute Gasteiger partial charge is 0.327 e. The highest BCUT2D eigenvalue weighted by molar-refractivity contribution is 4.94. The van der Waals surface area contributed by atoms with Crippen LogP contribution in [0.4, 0.5) is 13.2 Å². The number of halogens is 3. The van der Waals surface area contributed by atoms with Gasteiger partial charge in [0.2, 0.25) is 0 Å². The van der Waals surface area contributed by atoms with Crippen LogP contribution in [0.25, 0.3) is 0 Å². The number of alkyl halides is 3. The number of hydrogen-bond acceptors (Lipinski definition) is 2. The third-order valence-corrected chi connectivity index (χ3v) is 4.69. The molecule has 0 aromatic carbocycles. The van der Waals surface area contributed by atoms with Crippen LogP contribution in [0.2, 0.25) is 0 Å². The van der Waals surface area contributed by atoms with E-state index in [9.17, 15) is 13.2 Å². The van der Waals surface area contributed by atoms with Crippen LogP contribution < -0.4 is 11.1 Å². The molecule has 1 saturated carbocycles. The van der Waals surface area contributed by atoms with Crippen LogP contribution in [0.1, 0.15) is 40.0 Å².